The molecule has 3 nitrogen and oxygen atoms in total. The van der Waals surface area contributed by atoms with Gasteiger partial charge in [-0.3, -0.25) is 4.79 Å². The predicted molar refractivity (Wildman–Crippen MR) is 66.7 cm³/mol. The smallest absolute Gasteiger partial charge is 0.153 e. The minimum atomic E-state index is 0.640. The standard InChI is InChI=1S/C14H19NO2/c16-12-13-6-2-3-7-14(13)17-11-10-15-8-4-1-5-9-15/h2-3,6-7,12H,1,4-5,8-11H2/p+1. The minimum absolute atomic E-state index is 0.640. The largest absolute Gasteiger partial charge is 0.487 e. The van der Waals surface area contributed by atoms with Crippen molar-refractivity contribution in [3.8, 4) is 5.75 Å². The maximum Gasteiger partial charge on any atom is 0.153 e. The van der Waals surface area contributed by atoms with Crippen molar-refractivity contribution in [3.05, 3.63) is 29.8 Å². The summed E-state index contributed by atoms with van der Waals surface area (Å²) >= 11 is 0. The number of hydrogen-bond acceptors (Lipinski definition) is 2. The summed E-state index contributed by atoms with van der Waals surface area (Å²) < 4.78 is 5.68. The first-order valence-electron chi connectivity index (χ1n) is 6.41. The maximum absolute atomic E-state index is 10.8. The summed E-state index contributed by atoms with van der Waals surface area (Å²) in [7, 11) is 0. The molecule has 2 rings (SSSR count). The highest BCUT2D eigenvalue weighted by molar-refractivity contribution is 5.79. The van der Waals surface area contributed by atoms with Crippen molar-refractivity contribution in [1.29, 1.82) is 0 Å². The van der Waals surface area contributed by atoms with Crippen LogP contribution in [0.25, 0.3) is 0 Å². The fourth-order valence-corrected chi connectivity index (χ4v) is 2.32. The summed E-state index contributed by atoms with van der Waals surface area (Å²) in [6.07, 6.45) is 4.89. The number of benzene rings is 1. The number of carbonyl (C=O) groups is 1. The van der Waals surface area contributed by atoms with Crippen LogP contribution in [0.1, 0.15) is 29.6 Å². The van der Waals surface area contributed by atoms with E-state index in [4.69, 9.17) is 4.74 Å². The van der Waals surface area contributed by atoms with Crippen LogP contribution in [0.5, 0.6) is 5.75 Å². The van der Waals surface area contributed by atoms with Crippen LogP contribution in [0.15, 0.2) is 24.3 Å². The Hall–Kier alpha value is -1.35. The average molecular weight is 234 g/mol. The normalized spacial score (nSPS) is 16.7. The third-order valence-electron chi connectivity index (χ3n) is 3.32. The summed E-state index contributed by atoms with van der Waals surface area (Å²) in [5.74, 6) is 0.707. The summed E-state index contributed by atoms with van der Waals surface area (Å²) in [6.45, 7) is 4.25. The second kappa shape index (κ2) is 6.40. The number of aldehydes is 1. The Morgan fingerprint density at radius 2 is 1.94 bits per heavy atom. The van der Waals surface area contributed by atoms with Gasteiger partial charge in [-0.15, -0.1) is 0 Å². The number of carbonyl (C=O) groups excluding carboxylic acids is 1. The van der Waals surface area contributed by atoms with Crippen LogP contribution in [-0.2, 0) is 0 Å². The van der Waals surface area contributed by atoms with Crippen molar-refractivity contribution >= 4 is 6.29 Å². The van der Waals surface area contributed by atoms with E-state index in [0.29, 0.717) is 17.9 Å². The second-order valence-electron chi connectivity index (χ2n) is 4.56. The van der Waals surface area contributed by atoms with Crippen molar-refractivity contribution in [1.82, 2.24) is 0 Å². The molecule has 1 N–H and O–H groups in total. The molecule has 92 valence electrons. The molecule has 17 heavy (non-hydrogen) atoms. The zero-order chi connectivity index (χ0) is 11.9. The Kier molecular flexibility index (Phi) is 4.56. The highest BCUT2D eigenvalue weighted by Crippen LogP contribution is 2.14. The number of para-hydroxylation sites is 1. The van der Waals surface area contributed by atoms with Gasteiger partial charge in [-0.1, -0.05) is 12.1 Å². The molecule has 3 heteroatoms. The monoisotopic (exact) mass is 234 g/mol. The lowest BCUT2D eigenvalue weighted by Crippen LogP contribution is -3.13. The van der Waals surface area contributed by atoms with Crippen LogP contribution < -0.4 is 9.64 Å². The van der Waals surface area contributed by atoms with Crippen molar-refractivity contribution in [3.63, 3.8) is 0 Å². The van der Waals surface area contributed by atoms with Crippen molar-refractivity contribution < 1.29 is 14.4 Å². The quantitative estimate of drug-likeness (QED) is 0.769. The van der Waals surface area contributed by atoms with Gasteiger partial charge in [-0.2, -0.15) is 0 Å². The highest BCUT2D eigenvalue weighted by atomic mass is 16.5. The van der Waals surface area contributed by atoms with Crippen LogP contribution in [0, 0.1) is 0 Å². The number of hydrogen-bond donors (Lipinski definition) is 1. The maximum atomic E-state index is 10.8. The van der Waals surface area contributed by atoms with Gasteiger partial charge in [-0.05, 0) is 31.4 Å². The molecule has 1 heterocycles. The van der Waals surface area contributed by atoms with Gasteiger partial charge < -0.3 is 9.64 Å². The summed E-state index contributed by atoms with van der Waals surface area (Å²) in [5.41, 5.74) is 0.640. The van der Waals surface area contributed by atoms with Crippen LogP contribution in [0.2, 0.25) is 0 Å². The highest BCUT2D eigenvalue weighted by Gasteiger charge is 2.13. The van der Waals surface area contributed by atoms with E-state index in [1.54, 1.807) is 11.0 Å². The van der Waals surface area contributed by atoms with E-state index in [2.05, 4.69) is 0 Å². The number of quaternary nitrogens is 1. The lowest BCUT2D eigenvalue weighted by atomic mass is 10.1. The van der Waals surface area contributed by atoms with Crippen molar-refractivity contribution in [2.75, 3.05) is 26.2 Å². The molecule has 1 aromatic rings. The Bertz CT molecular complexity index is 359. The fourth-order valence-electron chi connectivity index (χ4n) is 2.32. The molecule has 1 aliphatic rings. The van der Waals surface area contributed by atoms with Crippen LogP contribution in [-0.4, -0.2) is 32.5 Å². The molecular formula is C14H20NO2+. The average Bonchev–Trinajstić information content (AvgIpc) is 2.40. The zero-order valence-electron chi connectivity index (χ0n) is 10.2. The molecule has 1 aliphatic heterocycles. The molecule has 0 unspecified atom stereocenters. The predicted octanol–water partition coefficient (Wildman–Crippen LogP) is 0.947. The van der Waals surface area contributed by atoms with Gasteiger partial charge in [0.15, 0.2) is 6.29 Å². The van der Waals surface area contributed by atoms with Gasteiger partial charge >= 0.3 is 0 Å². The Labute approximate surface area is 102 Å². The van der Waals surface area contributed by atoms with Crippen LogP contribution in [0.4, 0.5) is 0 Å². The van der Waals surface area contributed by atoms with E-state index in [9.17, 15) is 4.79 Å². The van der Waals surface area contributed by atoms with E-state index in [1.807, 2.05) is 18.2 Å². The lowest BCUT2D eigenvalue weighted by Gasteiger charge is -2.23. The van der Waals surface area contributed by atoms with E-state index < -0.39 is 0 Å². The topological polar surface area (TPSA) is 30.7 Å². The molecular weight excluding hydrogens is 214 g/mol. The molecule has 1 saturated heterocycles. The Morgan fingerprint density at radius 3 is 2.71 bits per heavy atom. The van der Waals surface area contributed by atoms with Crippen molar-refractivity contribution in [2.24, 2.45) is 0 Å². The SMILES string of the molecule is O=Cc1ccccc1OCC[NH+]1CCCCC1. The van der Waals surface area contributed by atoms with Gasteiger partial charge in [-0.25, -0.2) is 0 Å². The second-order valence-corrected chi connectivity index (χ2v) is 4.56. The first-order chi connectivity index (χ1) is 8.40. The molecule has 0 atom stereocenters. The molecule has 1 fully saturated rings. The van der Waals surface area contributed by atoms with Gasteiger partial charge in [0, 0.05) is 0 Å². The summed E-state index contributed by atoms with van der Waals surface area (Å²) in [6, 6.07) is 7.40. The molecule has 1 aromatic carbocycles. The number of piperidine rings is 1. The van der Waals surface area contributed by atoms with Gasteiger partial charge in [0.25, 0.3) is 0 Å². The molecule has 0 bridgehead atoms. The molecule has 0 spiro atoms. The van der Waals surface area contributed by atoms with E-state index in [1.165, 1.54) is 32.4 Å². The van der Waals surface area contributed by atoms with Gasteiger partial charge in [0.05, 0.1) is 18.7 Å². The molecule has 0 aliphatic carbocycles. The number of likely N-dealkylation sites (tertiary alicyclic amines) is 1. The molecule has 0 saturated carbocycles. The fraction of sp³-hybridized carbons (Fsp3) is 0.500. The van der Waals surface area contributed by atoms with Crippen LogP contribution >= 0.6 is 0 Å². The molecule has 0 aromatic heterocycles. The summed E-state index contributed by atoms with van der Waals surface area (Å²) in [5, 5.41) is 0. The lowest BCUT2D eigenvalue weighted by molar-refractivity contribution is -0.904. The van der Waals surface area contributed by atoms with Crippen LogP contribution in [0.3, 0.4) is 0 Å². The Balaban J connectivity index is 1.79. The zero-order valence-corrected chi connectivity index (χ0v) is 10.2. The van der Waals surface area contributed by atoms with E-state index >= 15 is 0 Å². The first-order valence-corrected chi connectivity index (χ1v) is 6.41. The van der Waals surface area contributed by atoms with Crippen molar-refractivity contribution in [2.45, 2.75) is 19.3 Å². The number of ether oxygens (including phenoxy) is 1. The minimum Gasteiger partial charge on any atom is -0.487 e. The van der Waals surface area contributed by atoms with E-state index in [0.717, 1.165) is 12.8 Å². The first kappa shape index (κ1) is 12.1. The van der Waals surface area contributed by atoms with E-state index in [-0.39, 0.29) is 0 Å². The summed E-state index contributed by atoms with van der Waals surface area (Å²) in [4.78, 5) is 12.4. The molecule has 0 amide bonds. The van der Waals surface area contributed by atoms with Gasteiger partial charge in [0.2, 0.25) is 0 Å². The number of rotatable bonds is 5. The van der Waals surface area contributed by atoms with Gasteiger partial charge in [0.1, 0.15) is 18.9 Å². The molecule has 0 radical (unpaired) electrons. The third-order valence-corrected chi connectivity index (χ3v) is 3.32. The third kappa shape index (κ3) is 3.56. The Morgan fingerprint density at radius 1 is 1.18 bits per heavy atom. The number of nitrogens with one attached hydrogen (secondary N) is 1.